The third-order valence-corrected chi connectivity index (χ3v) is 11.1. The standard InChI is InChI=1S/C52H34N4/c1-3-15-35(16-4-1)40-19-7-9-21-42(40)43-22-10-8-20-41(43)38-33-53-52(54-34-38)56-49-26-14-12-24-45(49)47-31-36(28-30-50(47)56)37-27-29-46-44-23-11-13-25-48(44)55(51(46)32-37)39-17-5-2-6-18-39/h1-34H. The zero-order valence-corrected chi connectivity index (χ0v) is 30.4. The molecule has 0 radical (unpaired) electrons. The van der Waals surface area contributed by atoms with Gasteiger partial charge in [-0.3, -0.25) is 4.57 Å². The summed E-state index contributed by atoms with van der Waals surface area (Å²) < 4.78 is 4.56. The molecule has 8 aromatic carbocycles. The lowest BCUT2D eigenvalue weighted by Gasteiger charge is -2.15. The van der Waals surface area contributed by atoms with Crippen molar-refractivity contribution in [2.75, 3.05) is 0 Å². The maximum Gasteiger partial charge on any atom is 0.234 e. The van der Waals surface area contributed by atoms with Crippen LogP contribution in [0.4, 0.5) is 0 Å². The Bertz CT molecular complexity index is 3230. The van der Waals surface area contributed by atoms with E-state index in [9.17, 15) is 0 Å². The van der Waals surface area contributed by atoms with Gasteiger partial charge in [0.15, 0.2) is 0 Å². The molecular weight excluding hydrogens is 681 g/mol. The van der Waals surface area contributed by atoms with Crippen LogP contribution in [0.3, 0.4) is 0 Å². The molecule has 0 atom stereocenters. The van der Waals surface area contributed by atoms with E-state index >= 15 is 0 Å². The number of para-hydroxylation sites is 3. The van der Waals surface area contributed by atoms with E-state index in [4.69, 9.17) is 9.97 Å². The first-order chi connectivity index (χ1) is 27.8. The highest BCUT2D eigenvalue weighted by molar-refractivity contribution is 6.12. The Kier molecular flexibility index (Phi) is 7.46. The third kappa shape index (κ3) is 5.15. The van der Waals surface area contributed by atoms with Crippen molar-refractivity contribution in [3.05, 3.63) is 207 Å². The Morgan fingerprint density at radius 3 is 1.46 bits per heavy atom. The van der Waals surface area contributed by atoms with E-state index in [0.717, 1.165) is 44.4 Å². The highest BCUT2D eigenvalue weighted by atomic mass is 15.1. The second-order valence-corrected chi connectivity index (χ2v) is 14.2. The molecule has 3 heterocycles. The summed E-state index contributed by atoms with van der Waals surface area (Å²) in [5.41, 5.74) is 14.8. The average Bonchev–Trinajstić information content (AvgIpc) is 3.79. The van der Waals surface area contributed by atoms with Gasteiger partial charge in [0.05, 0.1) is 22.1 Å². The number of nitrogens with zero attached hydrogens (tertiary/aromatic N) is 4. The van der Waals surface area contributed by atoms with Crippen LogP contribution in [0.15, 0.2) is 207 Å². The minimum atomic E-state index is 0.642. The largest absolute Gasteiger partial charge is 0.309 e. The first-order valence-corrected chi connectivity index (χ1v) is 19.0. The minimum absolute atomic E-state index is 0.642. The Morgan fingerprint density at radius 2 is 0.768 bits per heavy atom. The van der Waals surface area contributed by atoms with Crippen molar-refractivity contribution in [1.82, 2.24) is 19.1 Å². The third-order valence-electron chi connectivity index (χ3n) is 11.1. The van der Waals surface area contributed by atoms with Gasteiger partial charge in [-0.15, -0.1) is 0 Å². The fourth-order valence-corrected chi connectivity index (χ4v) is 8.51. The molecule has 0 bridgehead atoms. The van der Waals surface area contributed by atoms with Gasteiger partial charge in [-0.2, -0.15) is 0 Å². The predicted molar refractivity (Wildman–Crippen MR) is 232 cm³/mol. The van der Waals surface area contributed by atoms with Crippen LogP contribution in [-0.4, -0.2) is 19.1 Å². The molecule has 0 saturated heterocycles. The van der Waals surface area contributed by atoms with Crippen LogP contribution in [-0.2, 0) is 0 Å². The molecule has 0 spiro atoms. The van der Waals surface area contributed by atoms with E-state index in [1.807, 2.05) is 12.4 Å². The lowest BCUT2D eigenvalue weighted by atomic mass is 9.90. The van der Waals surface area contributed by atoms with Gasteiger partial charge in [-0.25, -0.2) is 9.97 Å². The van der Waals surface area contributed by atoms with Crippen molar-refractivity contribution < 1.29 is 0 Å². The first kappa shape index (κ1) is 31.9. The van der Waals surface area contributed by atoms with E-state index in [2.05, 4.69) is 203 Å². The van der Waals surface area contributed by atoms with Crippen molar-refractivity contribution in [2.24, 2.45) is 0 Å². The summed E-state index contributed by atoms with van der Waals surface area (Å²) in [6.45, 7) is 0. The summed E-state index contributed by atoms with van der Waals surface area (Å²) in [6.07, 6.45) is 3.92. The molecule has 0 unspecified atom stereocenters. The maximum atomic E-state index is 5.04. The summed E-state index contributed by atoms with van der Waals surface area (Å²) >= 11 is 0. The van der Waals surface area contributed by atoms with Gasteiger partial charge in [-0.1, -0.05) is 152 Å². The van der Waals surface area contributed by atoms with Gasteiger partial charge >= 0.3 is 0 Å². The molecule has 4 nitrogen and oxygen atoms in total. The van der Waals surface area contributed by atoms with E-state index < -0.39 is 0 Å². The van der Waals surface area contributed by atoms with Crippen LogP contribution in [0.5, 0.6) is 0 Å². The fraction of sp³-hybridized carbons (Fsp3) is 0. The quantitative estimate of drug-likeness (QED) is 0.172. The van der Waals surface area contributed by atoms with Crippen molar-refractivity contribution in [3.63, 3.8) is 0 Å². The first-order valence-electron chi connectivity index (χ1n) is 19.0. The number of rotatable bonds is 6. The van der Waals surface area contributed by atoms with E-state index in [1.54, 1.807) is 0 Å². The van der Waals surface area contributed by atoms with Gasteiger partial charge in [0, 0.05) is 45.2 Å². The fourth-order valence-electron chi connectivity index (χ4n) is 8.51. The lowest BCUT2D eigenvalue weighted by Crippen LogP contribution is -2.01. The SMILES string of the molecule is c1ccc(-c2ccccc2-c2ccccc2-c2cnc(-n3c4ccccc4c4cc(-c5ccc6c7ccccc7n(-c7ccccc7)c6c5)ccc43)nc2)cc1. The van der Waals surface area contributed by atoms with Gasteiger partial charge < -0.3 is 4.57 Å². The van der Waals surface area contributed by atoms with Crippen LogP contribution in [0, 0.1) is 0 Å². The minimum Gasteiger partial charge on any atom is -0.309 e. The van der Waals surface area contributed by atoms with E-state index in [-0.39, 0.29) is 0 Å². The number of benzene rings is 8. The van der Waals surface area contributed by atoms with Crippen LogP contribution in [0.2, 0.25) is 0 Å². The van der Waals surface area contributed by atoms with Gasteiger partial charge in [0.25, 0.3) is 0 Å². The Morgan fingerprint density at radius 1 is 0.286 bits per heavy atom. The summed E-state index contributed by atoms with van der Waals surface area (Å²) in [7, 11) is 0. The highest BCUT2D eigenvalue weighted by Crippen LogP contribution is 2.40. The molecule has 0 aliphatic heterocycles. The topological polar surface area (TPSA) is 35.6 Å². The van der Waals surface area contributed by atoms with Crippen LogP contribution >= 0.6 is 0 Å². The summed E-state index contributed by atoms with van der Waals surface area (Å²) in [6, 6.07) is 69.2. The van der Waals surface area contributed by atoms with E-state index in [1.165, 1.54) is 49.4 Å². The monoisotopic (exact) mass is 714 g/mol. The van der Waals surface area contributed by atoms with Crippen LogP contribution < -0.4 is 0 Å². The number of aromatic nitrogens is 4. The smallest absolute Gasteiger partial charge is 0.234 e. The molecule has 0 saturated carbocycles. The molecule has 4 heteroatoms. The van der Waals surface area contributed by atoms with Gasteiger partial charge in [0.2, 0.25) is 5.95 Å². The number of hydrogen-bond donors (Lipinski definition) is 0. The van der Waals surface area contributed by atoms with E-state index in [0.29, 0.717) is 5.95 Å². The molecule has 0 aliphatic carbocycles. The molecule has 0 fully saturated rings. The lowest BCUT2D eigenvalue weighted by molar-refractivity contribution is 0.990. The molecule has 56 heavy (non-hydrogen) atoms. The Labute approximate surface area is 324 Å². The number of fused-ring (bicyclic) bond motifs is 6. The molecule has 0 amide bonds. The normalized spacial score (nSPS) is 11.6. The van der Waals surface area contributed by atoms with Crippen LogP contribution in [0.25, 0.3) is 99.8 Å². The molecule has 0 aliphatic rings. The second-order valence-electron chi connectivity index (χ2n) is 14.2. The molecule has 11 aromatic rings. The summed E-state index contributed by atoms with van der Waals surface area (Å²) in [4.78, 5) is 10.1. The average molecular weight is 715 g/mol. The molecule has 11 rings (SSSR count). The van der Waals surface area contributed by atoms with Crippen molar-refractivity contribution in [2.45, 2.75) is 0 Å². The summed E-state index contributed by atoms with van der Waals surface area (Å²) in [5.74, 6) is 0.642. The predicted octanol–water partition coefficient (Wildman–Crippen LogP) is 13.3. The Hall–Kier alpha value is -7.56. The maximum absolute atomic E-state index is 5.04. The van der Waals surface area contributed by atoms with Gasteiger partial charge in [0.1, 0.15) is 0 Å². The van der Waals surface area contributed by atoms with Crippen LogP contribution in [0.1, 0.15) is 0 Å². The van der Waals surface area contributed by atoms with Gasteiger partial charge in [-0.05, 0) is 81.4 Å². The highest BCUT2D eigenvalue weighted by Gasteiger charge is 2.18. The summed E-state index contributed by atoms with van der Waals surface area (Å²) in [5, 5.41) is 4.83. The van der Waals surface area contributed by atoms with Crippen molar-refractivity contribution in [3.8, 4) is 56.1 Å². The molecular formula is C52H34N4. The zero-order chi connectivity index (χ0) is 37.0. The van der Waals surface area contributed by atoms with Crippen molar-refractivity contribution >= 4 is 43.6 Å². The molecule has 0 N–H and O–H groups in total. The second kappa shape index (κ2) is 13.1. The molecule has 262 valence electrons. The Balaban J connectivity index is 1.01. The molecule has 3 aromatic heterocycles. The number of hydrogen-bond acceptors (Lipinski definition) is 2. The zero-order valence-electron chi connectivity index (χ0n) is 30.4. The van der Waals surface area contributed by atoms with Crippen molar-refractivity contribution in [1.29, 1.82) is 0 Å².